The number of halogens is 1. The molecule has 13 heteroatoms. The molecule has 0 aliphatic carbocycles. The number of methoxy groups -OCH3 is 1. The Kier molecular flexibility index (Phi) is 16.8. The first kappa shape index (κ1) is 41.6. The van der Waals surface area contributed by atoms with Gasteiger partial charge >= 0.3 is 12.0 Å². The molecule has 3 aliphatic heterocycles. The van der Waals surface area contributed by atoms with Gasteiger partial charge in [0.05, 0.1) is 42.5 Å². The van der Waals surface area contributed by atoms with E-state index in [4.69, 9.17) is 14.2 Å². The quantitative estimate of drug-likeness (QED) is 0.0509. The van der Waals surface area contributed by atoms with Crippen LogP contribution in [0.15, 0.2) is 23.8 Å². The molecule has 3 heterocycles. The third kappa shape index (κ3) is 13.1. The summed E-state index contributed by atoms with van der Waals surface area (Å²) in [6.45, 7) is 15.5. The minimum absolute atomic E-state index is 0.0546. The summed E-state index contributed by atoms with van der Waals surface area (Å²) < 4.78 is 20.1. The van der Waals surface area contributed by atoms with Gasteiger partial charge < -0.3 is 40.0 Å². The average Bonchev–Trinajstić information content (AvgIpc) is 3.71. The molecule has 10 atom stereocenters. The molecule has 3 amide bonds. The van der Waals surface area contributed by atoms with Crippen LogP contribution >= 0.6 is 22.9 Å². The first-order chi connectivity index (χ1) is 23.1. The van der Waals surface area contributed by atoms with Crippen LogP contribution in [0.1, 0.15) is 86.5 Å². The molecule has 0 aromatic heterocycles. The van der Waals surface area contributed by atoms with Crippen molar-refractivity contribution in [2.24, 2.45) is 17.8 Å². The van der Waals surface area contributed by atoms with Crippen LogP contribution in [0.25, 0.3) is 0 Å². The molecule has 0 spiro atoms. The zero-order valence-electron chi connectivity index (χ0n) is 30.5. The van der Waals surface area contributed by atoms with Gasteiger partial charge in [0.1, 0.15) is 6.04 Å². The molecule has 0 aromatic carbocycles. The summed E-state index contributed by atoms with van der Waals surface area (Å²) in [4.78, 5) is 38.6. The minimum Gasteiger partial charge on any atom is -0.480 e. The standard InChI is InChI=1S/C36H61IN4O8/c1-23(22-36(6)33(49-36)26(4)32(47-7)27(5)42)11-10-12-24(2)31-25(3)14-15-28(48-31)21-30(43)38-16-9-8-13-29(34(44)45)39-35(46)40-17-19-41(37)20-18-40/h10-12,23,25-29,31-33,42H,8-9,13-22H2,1-7H3,(H,38,43)(H,39,46)(H,44,45)/b11-10+,24-12+/t23-,25+,26-,27-,28-,29+,31-,32-,33-,36-/m1/s1. The predicted octanol–water partition coefficient (Wildman–Crippen LogP) is 4.70. The zero-order valence-corrected chi connectivity index (χ0v) is 32.7. The van der Waals surface area contributed by atoms with E-state index in [-0.39, 0.29) is 47.9 Å². The number of urea groups is 1. The number of carboxylic acids is 1. The molecule has 12 nitrogen and oxygen atoms in total. The molecule has 0 aromatic rings. The lowest BCUT2D eigenvalue weighted by Gasteiger charge is -2.35. The van der Waals surface area contributed by atoms with E-state index in [9.17, 15) is 24.6 Å². The first-order valence-electron chi connectivity index (χ1n) is 18.0. The van der Waals surface area contributed by atoms with Crippen LogP contribution in [0.2, 0.25) is 0 Å². The lowest BCUT2D eigenvalue weighted by molar-refractivity contribution is -0.139. The summed E-state index contributed by atoms with van der Waals surface area (Å²) in [6, 6.07) is -1.29. The number of carbonyl (C=O) groups is 3. The van der Waals surface area contributed by atoms with Crippen molar-refractivity contribution < 1.29 is 38.8 Å². The van der Waals surface area contributed by atoms with Gasteiger partial charge in [0.2, 0.25) is 5.91 Å². The number of piperazine rings is 1. The monoisotopic (exact) mass is 804 g/mol. The van der Waals surface area contributed by atoms with E-state index in [1.807, 2.05) is 0 Å². The highest BCUT2D eigenvalue weighted by molar-refractivity contribution is 14.1. The van der Waals surface area contributed by atoms with Gasteiger partial charge in [-0.2, -0.15) is 0 Å². The summed E-state index contributed by atoms with van der Waals surface area (Å²) in [5.41, 5.74) is 0.902. The number of hydrogen-bond donors (Lipinski definition) is 4. The number of amides is 3. The Morgan fingerprint density at radius 2 is 1.82 bits per heavy atom. The van der Waals surface area contributed by atoms with Crippen molar-refractivity contribution in [2.45, 2.75) is 129 Å². The minimum atomic E-state index is -1.05. The lowest BCUT2D eigenvalue weighted by Crippen LogP contribution is -2.53. The van der Waals surface area contributed by atoms with Crippen molar-refractivity contribution in [3.8, 4) is 0 Å². The fourth-order valence-electron chi connectivity index (χ4n) is 7.39. The Labute approximate surface area is 307 Å². The summed E-state index contributed by atoms with van der Waals surface area (Å²) in [7, 11) is 1.63. The third-order valence-corrected chi connectivity index (χ3v) is 11.2. The molecule has 3 aliphatic rings. The van der Waals surface area contributed by atoms with Crippen LogP contribution in [0.5, 0.6) is 0 Å². The lowest BCUT2D eigenvalue weighted by atomic mass is 9.85. The number of ether oxygens (including phenoxy) is 3. The zero-order chi connectivity index (χ0) is 36.3. The van der Waals surface area contributed by atoms with E-state index in [1.165, 1.54) is 0 Å². The molecular formula is C36H61IN4O8. The normalized spacial score (nSPS) is 29.6. The van der Waals surface area contributed by atoms with Crippen LogP contribution in [-0.4, -0.2) is 118 Å². The molecule has 3 rings (SSSR count). The Balaban J connectivity index is 1.37. The van der Waals surface area contributed by atoms with Crippen molar-refractivity contribution in [2.75, 3.05) is 39.8 Å². The van der Waals surface area contributed by atoms with Gasteiger partial charge in [-0.3, -0.25) is 4.79 Å². The number of rotatable bonds is 18. The summed E-state index contributed by atoms with van der Waals surface area (Å²) in [6.07, 6.45) is 9.91. The number of epoxide rings is 1. The van der Waals surface area contributed by atoms with Gasteiger partial charge in [-0.25, -0.2) is 12.7 Å². The maximum Gasteiger partial charge on any atom is 0.326 e. The smallest absolute Gasteiger partial charge is 0.326 e. The van der Waals surface area contributed by atoms with Crippen molar-refractivity contribution >= 4 is 40.8 Å². The predicted molar refractivity (Wildman–Crippen MR) is 197 cm³/mol. The van der Waals surface area contributed by atoms with Crippen LogP contribution in [0.3, 0.4) is 0 Å². The summed E-state index contributed by atoms with van der Waals surface area (Å²) in [5, 5.41) is 25.3. The van der Waals surface area contributed by atoms with Crippen LogP contribution in [0.4, 0.5) is 4.79 Å². The average molecular weight is 805 g/mol. The SMILES string of the molecule is CO[C@H]([C@@H](C)[C@H]1O[C@]1(C)C[C@H](C)/C=C/C=C(\C)[C@H]1O[C@@H](CC(=O)NCCCC[C@H](NC(=O)N2CCN(I)CC2)C(=O)O)CC[C@@H]1C)[C@@H](C)O. The van der Waals surface area contributed by atoms with Gasteiger partial charge in [0.15, 0.2) is 0 Å². The molecule has 280 valence electrons. The van der Waals surface area contributed by atoms with Crippen LogP contribution in [-0.2, 0) is 23.8 Å². The Morgan fingerprint density at radius 1 is 1.12 bits per heavy atom. The number of carbonyl (C=O) groups excluding carboxylic acids is 2. The number of aliphatic carboxylic acids is 1. The Hall–Kier alpha value is -1.78. The molecule has 4 N–H and O–H groups in total. The van der Waals surface area contributed by atoms with Gasteiger partial charge in [0.25, 0.3) is 0 Å². The Morgan fingerprint density at radius 3 is 2.45 bits per heavy atom. The third-order valence-electron chi connectivity index (χ3n) is 10.2. The topological polar surface area (TPSA) is 153 Å². The summed E-state index contributed by atoms with van der Waals surface area (Å²) >= 11 is 2.22. The van der Waals surface area contributed by atoms with Crippen LogP contribution in [0, 0.1) is 17.8 Å². The number of nitrogens with zero attached hydrogens (tertiary/aromatic N) is 2. The number of unbranched alkanes of at least 4 members (excludes halogenated alkanes) is 1. The van der Waals surface area contributed by atoms with Crippen molar-refractivity contribution in [1.82, 2.24) is 18.6 Å². The molecule has 0 bridgehead atoms. The van der Waals surface area contributed by atoms with E-state index in [2.05, 4.69) is 89.5 Å². The second-order valence-corrected chi connectivity index (χ2v) is 16.0. The maximum atomic E-state index is 12.7. The van der Waals surface area contributed by atoms with Gasteiger partial charge in [-0.1, -0.05) is 39.0 Å². The number of carboxylic acid groups (broad SMARTS) is 1. The number of allylic oxidation sites excluding steroid dienone is 3. The van der Waals surface area contributed by atoms with Gasteiger partial charge in [-0.05, 0) is 76.7 Å². The number of nitrogens with one attached hydrogen (secondary N) is 2. The highest BCUT2D eigenvalue weighted by atomic mass is 127. The van der Waals surface area contributed by atoms with Gasteiger partial charge in [0, 0.05) is 68.6 Å². The molecule has 0 saturated carbocycles. The molecule has 0 radical (unpaired) electrons. The second-order valence-electron chi connectivity index (χ2n) is 14.6. The van der Waals surface area contributed by atoms with E-state index in [1.54, 1.807) is 18.9 Å². The van der Waals surface area contributed by atoms with Crippen molar-refractivity contribution in [3.05, 3.63) is 23.8 Å². The van der Waals surface area contributed by atoms with Crippen LogP contribution < -0.4 is 10.6 Å². The molecular weight excluding hydrogens is 743 g/mol. The molecule has 49 heavy (non-hydrogen) atoms. The fraction of sp³-hybridized carbons (Fsp3) is 0.806. The number of hydrogen-bond acceptors (Lipinski definition) is 8. The van der Waals surface area contributed by atoms with Gasteiger partial charge in [-0.15, -0.1) is 0 Å². The van der Waals surface area contributed by atoms with E-state index in [0.717, 1.165) is 37.9 Å². The van der Waals surface area contributed by atoms with E-state index in [0.29, 0.717) is 57.2 Å². The largest absolute Gasteiger partial charge is 0.480 e. The maximum absolute atomic E-state index is 12.7. The molecule has 0 unspecified atom stereocenters. The molecule has 3 saturated heterocycles. The first-order valence-corrected chi connectivity index (χ1v) is 19.0. The highest BCUT2D eigenvalue weighted by Crippen LogP contribution is 2.47. The highest BCUT2D eigenvalue weighted by Gasteiger charge is 2.56. The number of aliphatic hydroxyl groups is 1. The van der Waals surface area contributed by atoms with E-state index < -0.39 is 18.1 Å². The molecule has 3 fully saturated rings. The summed E-state index contributed by atoms with van der Waals surface area (Å²) in [5.74, 6) is -0.370. The Bertz CT molecular complexity index is 1150. The fourth-order valence-corrected chi connectivity index (χ4v) is 7.82. The second kappa shape index (κ2) is 19.7. The van der Waals surface area contributed by atoms with E-state index >= 15 is 0 Å². The van der Waals surface area contributed by atoms with Crippen molar-refractivity contribution in [1.29, 1.82) is 0 Å². The number of aliphatic hydroxyl groups excluding tert-OH is 1. The van der Waals surface area contributed by atoms with Crippen molar-refractivity contribution in [3.63, 3.8) is 0 Å².